The first-order valence-electron chi connectivity index (χ1n) is 7.68. The maximum absolute atomic E-state index is 11.2. The van der Waals surface area contributed by atoms with Gasteiger partial charge in [-0.15, -0.1) is 0 Å². The minimum Gasteiger partial charge on any atom is -0.466 e. The van der Waals surface area contributed by atoms with E-state index in [1.54, 1.807) is 0 Å². The Balaban J connectivity index is 1.83. The number of ether oxygens (including phenoxy) is 1. The lowest BCUT2D eigenvalue weighted by atomic mass is 10.1. The van der Waals surface area contributed by atoms with Crippen LogP contribution < -0.4 is 5.73 Å². The van der Waals surface area contributed by atoms with Gasteiger partial charge in [-0.1, -0.05) is 18.6 Å². The molecule has 1 heterocycles. The number of unbranched alkanes of at least 4 members (excludes halogenated alkanes) is 2. The van der Waals surface area contributed by atoms with Gasteiger partial charge >= 0.3 is 5.97 Å². The summed E-state index contributed by atoms with van der Waals surface area (Å²) in [5, 5.41) is 1.24. The van der Waals surface area contributed by atoms with Gasteiger partial charge in [0.05, 0.1) is 6.61 Å². The molecule has 0 atom stereocenters. The van der Waals surface area contributed by atoms with Crippen molar-refractivity contribution in [3.05, 3.63) is 36.0 Å². The van der Waals surface area contributed by atoms with Crippen LogP contribution in [0.1, 0.15) is 38.2 Å². The quantitative estimate of drug-likeness (QED) is 0.599. The van der Waals surface area contributed by atoms with E-state index in [9.17, 15) is 4.79 Å². The van der Waals surface area contributed by atoms with E-state index < -0.39 is 0 Å². The molecule has 0 aliphatic heterocycles. The molecule has 21 heavy (non-hydrogen) atoms. The third-order valence-electron chi connectivity index (χ3n) is 3.71. The summed E-state index contributed by atoms with van der Waals surface area (Å²) < 4.78 is 7.18. The molecule has 0 aliphatic carbocycles. The molecule has 1 aromatic heterocycles. The van der Waals surface area contributed by atoms with Gasteiger partial charge in [-0.3, -0.25) is 4.79 Å². The second kappa shape index (κ2) is 7.84. The Bertz CT molecular complexity index is 589. The summed E-state index contributed by atoms with van der Waals surface area (Å²) in [6.07, 6.45) is 5.64. The van der Waals surface area contributed by atoms with Crippen molar-refractivity contribution in [1.82, 2.24) is 4.57 Å². The van der Waals surface area contributed by atoms with Crippen LogP contribution in [0.4, 0.5) is 0 Å². The normalized spacial score (nSPS) is 11.0. The Morgan fingerprint density at radius 1 is 1.24 bits per heavy atom. The molecule has 2 rings (SSSR count). The van der Waals surface area contributed by atoms with Crippen LogP contribution in [0.3, 0.4) is 0 Å². The molecule has 0 amide bonds. The number of hydrogen-bond acceptors (Lipinski definition) is 3. The average molecular weight is 288 g/mol. The van der Waals surface area contributed by atoms with E-state index in [0.29, 0.717) is 19.6 Å². The highest BCUT2D eigenvalue weighted by Crippen LogP contribution is 2.20. The van der Waals surface area contributed by atoms with Crippen LogP contribution in [0.5, 0.6) is 0 Å². The molecule has 0 radical (unpaired) electrons. The summed E-state index contributed by atoms with van der Waals surface area (Å²) in [5.74, 6) is -0.0866. The summed E-state index contributed by atoms with van der Waals surface area (Å²) in [6, 6.07) is 8.40. The number of benzene rings is 1. The van der Waals surface area contributed by atoms with Gasteiger partial charge in [0.15, 0.2) is 0 Å². The Morgan fingerprint density at radius 3 is 2.86 bits per heavy atom. The second-order valence-corrected chi connectivity index (χ2v) is 5.18. The van der Waals surface area contributed by atoms with E-state index in [1.807, 2.05) is 6.92 Å². The topological polar surface area (TPSA) is 57.2 Å². The fourth-order valence-electron chi connectivity index (χ4n) is 2.62. The number of fused-ring (bicyclic) bond motifs is 1. The molecule has 0 fully saturated rings. The molecule has 2 aromatic rings. The van der Waals surface area contributed by atoms with Crippen LogP contribution in [0.25, 0.3) is 10.9 Å². The number of carbonyl (C=O) groups excluding carboxylic acids is 1. The zero-order valence-corrected chi connectivity index (χ0v) is 12.7. The Hall–Kier alpha value is -1.81. The van der Waals surface area contributed by atoms with Gasteiger partial charge in [0.1, 0.15) is 0 Å². The molecule has 4 nitrogen and oxygen atoms in total. The first-order valence-corrected chi connectivity index (χ1v) is 7.68. The van der Waals surface area contributed by atoms with Crippen LogP contribution in [0.2, 0.25) is 0 Å². The van der Waals surface area contributed by atoms with Gasteiger partial charge in [0.2, 0.25) is 0 Å². The highest BCUT2D eigenvalue weighted by atomic mass is 16.5. The highest BCUT2D eigenvalue weighted by Gasteiger charge is 2.05. The summed E-state index contributed by atoms with van der Waals surface area (Å²) >= 11 is 0. The van der Waals surface area contributed by atoms with E-state index >= 15 is 0 Å². The smallest absolute Gasteiger partial charge is 0.305 e. The predicted molar refractivity (Wildman–Crippen MR) is 84.9 cm³/mol. The zero-order chi connectivity index (χ0) is 15.1. The van der Waals surface area contributed by atoms with Crippen molar-refractivity contribution in [2.45, 2.75) is 45.7 Å². The summed E-state index contributed by atoms with van der Waals surface area (Å²) in [4.78, 5) is 11.2. The number of aryl methyl sites for hydroxylation is 1. The lowest BCUT2D eigenvalue weighted by molar-refractivity contribution is -0.143. The molecular weight excluding hydrogens is 264 g/mol. The monoisotopic (exact) mass is 288 g/mol. The lowest BCUT2D eigenvalue weighted by Crippen LogP contribution is -2.03. The van der Waals surface area contributed by atoms with Gasteiger partial charge in [-0.2, -0.15) is 0 Å². The standard InChI is InChI=1S/C17H24N2O2/c1-2-21-17(20)9-4-3-5-11-19-12-10-15-14(13-18)7-6-8-16(15)19/h6-8,10,12H,2-5,9,11,13,18H2,1H3. The van der Waals surface area contributed by atoms with Crippen molar-refractivity contribution in [3.63, 3.8) is 0 Å². The number of nitrogens with two attached hydrogens (primary N) is 1. The van der Waals surface area contributed by atoms with Crippen molar-refractivity contribution >= 4 is 16.9 Å². The fraction of sp³-hybridized carbons (Fsp3) is 0.471. The predicted octanol–water partition coefficient (Wildman–Crippen LogP) is 3.22. The fourth-order valence-corrected chi connectivity index (χ4v) is 2.62. The Kier molecular flexibility index (Phi) is 5.81. The van der Waals surface area contributed by atoms with Gasteiger partial charge in [0.25, 0.3) is 0 Å². The summed E-state index contributed by atoms with van der Waals surface area (Å²) in [5.41, 5.74) is 8.19. The number of esters is 1. The molecule has 4 heteroatoms. The SMILES string of the molecule is CCOC(=O)CCCCCn1ccc2c(CN)cccc21. The van der Waals surface area contributed by atoms with Gasteiger partial charge in [-0.05, 0) is 37.5 Å². The van der Waals surface area contributed by atoms with E-state index in [4.69, 9.17) is 10.5 Å². The number of nitrogens with zero attached hydrogens (tertiary/aromatic N) is 1. The van der Waals surface area contributed by atoms with E-state index in [0.717, 1.165) is 25.8 Å². The summed E-state index contributed by atoms with van der Waals surface area (Å²) in [7, 11) is 0. The summed E-state index contributed by atoms with van der Waals surface area (Å²) in [6.45, 7) is 3.85. The minimum absolute atomic E-state index is 0.0866. The molecule has 114 valence electrons. The highest BCUT2D eigenvalue weighted by molar-refractivity contribution is 5.83. The van der Waals surface area contributed by atoms with Crippen LogP contribution in [-0.4, -0.2) is 17.1 Å². The molecule has 0 spiro atoms. The van der Waals surface area contributed by atoms with Gasteiger partial charge in [-0.25, -0.2) is 0 Å². The van der Waals surface area contributed by atoms with Crippen LogP contribution in [0, 0.1) is 0 Å². The largest absolute Gasteiger partial charge is 0.466 e. The molecule has 0 aliphatic rings. The van der Waals surface area contributed by atoms with Gasteiger partial charge < -0.3 is 15.0 Å². The third kappa shape index (κ3) is 4.08. The maximum Gasteiger partial charge on any atom is 0.305 e. The van der Waals surface area contributed by atoms with Gasteiger partial charge in [0, 0.05) is 36.6 Å². The van der Waals surface area contributed by atoms with Crippen LogP contribution >= 0.6 is 0 Å². The second-order valence-electron chi connectivity index (χ2n) is 5.18. The molecule has 0 bridgehead atoms. The van der Waals surface area contributed by atoms with Crippen molar-refractivity contribution in [3.8, 4) is 0 Å². The van der Waals surface area contributed by atoms with E-state index in [2.05, 4.69) is 35.0 Å². The Labute approximate surface area is 125 Å². The minimum atomic E-state index is -0.0866. The Morgan fingerprint density at radius 2 is 2.10 bits per heavy atom. The maximum atomic E-state index is 11.2. The van der Waals surface area contributed by atoms with Crippen molar-refractivity contribution in [2.75, 3.05) is 6.61 Å². The lowest BCUT2D eigenvalue weighted by Gasteiger charge is -2.07. The van der Waals surface area contributed by atoms with E-state index in [1.165, 1.54) is 16.5 Å². The van der Waals surface area contributed by atoms with Crippen LogP contribution in [-0.2, 0) is 22.6 Å². The number of aromatic nitrogens is 1. The van der Waals surface area contributed by atoms with Crippen molar-refractivity contribution < 1.29 is 9.53 Å². The number of carbonyl (C=O) groups is 1. The molecule has 0 saturated heterocycles. The first-order chi connectivity index (χ1) is 10.3. The molecule has 2 N–H and O–H groups in total. The molecule has 0 saturated carbocycles. The zero-order valence-electron chi connectivity index (χ0n) is 12.7. The van der Waals surface area contributed by atoms with Crippen molar-refractivity contribution in [1.29, 1.82) is 0 Å². The molecular formula is C17H24N2O2. The first kappa shape index (κ1) is 15.6. The molecule has 0 unspecified atom stereocenters. The van der Waals surface area contributed by atoms with E-state index in [-0.39, 0.29) is 5.97 Å². The third-order valence-corrected chi connectivity index (χ3v) is 3.71. The number of hydrogen-bond donors (Lipinski definition) is 1. The number of rotatable bonds is 8. The van der Waals surface area contributed by atoms with Crippen molar-refractivity contribution in [2.24, 2.45) is 5.73 Å². The molecule has 1 aromatic carbocycles. The average Bonchev–Trinajstić information content (AvgIpc) is 2.90. The van der Waals surface area contributed by atoms with Crippen LogP contribution in [0.15, 0.2) is 30.5 Å².